The average Bonchev–Trinajstić information content (AvgIpc) is 2.81. The number of aromatic nitrogens is 2. The number of hydrogen-bond acceptors (Lipinski definition) is 3. The summed E-state index contributed by atoms with van der Waals surface area (Å²) in [6.07, 6.45) is 0.865. The number of alkyl halides is 1. The van der Waals surface area contributed by atoms with E-state index in [0.717, 1.165) is 12.0 Å². The first kappa shape index (κ1) is 12.2. The van der Waals surface area contributed by atoms with E-state index in [-0.39, 0.29) is 10.6 Å². The molecule has 0 aliphatic rings. The smallest absolute Gasteiger partial charge is 0.240 e. The summed E-state index contributed by atoms with van der Waals surface area (Å²) in [5.74, 6) is 0.801. The van der Waals surface area contributed by atoms with Crippen LogP contribution in [0.1, 0.15) is 29.6 Å². The second kappa shape index (κ2) is 4.96. The third-order valence-corrected chi connectivity index (χ3v) is 3.52. The molecule has 1 aromatic carbocycles. The lowest BCUT2D eigenvalue weighted by Crippen LogP contribution is -1.89. The normalized spacial score (nSPS) is 12.7. The Bertz CT molecular complexity index is 527. The Morgan fingerprint density at radius 1 is 1.47 bits per heavy atom. The Kier molecular flexibility index (Phi) is 3.57. The molecule has 0 N–H and O–H groups in total. The van der Waals surface area contributed by atoms with Crippen molar-refractivity contribution in [1.29, 1.82) is 0 Å². The summed E-state index contributed by atoms with van der Waals surface area (Å²) in [5, 5.41) is 3.89. The van der Waals surface area contributed by atoms with Gasteiger partial charge in [-0.2, -0.15) is 4.98 Å². The van der Waals surface area contributed by atoms with E-state index in [4.69, 9.17) is 4.52 Å². The maximum absolute atomic E-state index is 13.1. The lowest BCUT2D eigenvalue weighted by molar-refractivity contribution is 0.377. The van der Waals surface area contributed by atoms with Crippen LogP contribution < -0.4 is 0 Å². The summed E-state index contributed by atoms with van der Waals surface area (Å²) in [4.78, 5) is 4.34. The van der Waals surface area contributed by atoms with Crippen LogP contribution in [-0.2, 0) is 0 Å². The maximum Gasteiger partial charge on any atom is 0.240 e. The van der Waals surface area contributed by atoms with Crippen LogP contribution in [0.15, 0.2) is 22.7 Å². The van der Waals surface area contributed by atoms with Crippen LogP contribution in [0.2, 0.25) is 0 Å². The summed E-state index contributed by atoms with van der Waals surface area (Å²) in [5.41, 5.74) is 1.33. The van der Waals surface area contributed by atoms with Gasteiger partial charge in [0, 0.05) is 5.56 Å². The summed E-state index contributed by atoms with van der Waals surface area (Å²) >= 11 is 3.44. The van der Waals surface area contributed by atoms with Crippen molar-refractivity contribution in [2.24, 2.45) is 0 Å². The molecule has 0 aliphatic carbocycles. The van der Waals surface area contributed by atoms with Gasteiger partial charge in [-0.1, -0.05) is 28.0 Å². The summed E-state index contributed by atoms with van der Waals surface area (Å²) in [6, 6.07) is 4.76. The van der Waals surface area contributed by atoms with Crippen molar-refractivity contribution in [1.82, 2.24) is 10.1 Å². The highest BCUT2D eigenvalue weighted by molar-refractivity contribution is 9.09. The van der Waals surface area contributed by atoms with Gasteiger partial charge in [-0.05, 0) is 37.1 Å². The van der Waals surface area contributed by atoms with Crippen LogP contribution in [0, 0.1) is 12.7 Å². The molecular formula is C12H12BrFN2O. The molecule has 0 fully saturated rings. The largest absolute Gasteiger partial charge is 0.338 e. The number of rotatable bonds is 3. The minimum absolute atomic E-state index is 0.0605. The van der Waals surface area contributed by atoms with Gasteiger partial charge in [-0.15, -0.1) is 0 Å². The van der Waals surface area contributed by atoms with Gasteiger partial charge >= 0.3 is 0 Å². The molecule has 0 radical (unpaired) electrons. The molecule has 3 nitrogen and oxygen atoms in total. The Morgan fingerprint density at radius 3 is 2.88 bits per heavy atom. The van der Waals surface area contributed by atoms with Crippen LogP contribution in [0.5, 0.6) is 0 Å². The first-order valence-corrected chi connectivity index (χ1v) is 6.27. The predicted molar refractivity (Wildman–Crippen MR) is 66.4 cm³/mol. The van der Waals surface area contributed by atoms with Crippen LogP contribution in [0.25, 0.3) is 11.4 Å². The SMILES string of the molecule is CCC(Br)c1nc(-c2ccc(F)c(C)c2)no1. The highest BCUT2D eigenvalue weighted by Gasteiger charge is 2.15. The van der Waals surface area contributed by atoms with Crippen LogP contribution in [-0.4, -0.2) is 10.1 Å². The first-order valence-electron chi connectivity index (χ1n) is 5.36. The number of hydrogen-bond donors (Lipinski definition) is 0. The number of aryl methyl sites for hydroxylation is 1. The summed E-state index contributed by atoms with van der Waals surface area (Å²) in [6.45, 7) is 3.73. The monoisotopic (exact) mass is 298 g/mol. The number of benzene rings is 1. The zero-order chi connectivity index (χ0) is 12.4. The topological polar surface area (TPSA) is 38.9 Å². The lowest BCUT2D eigenvalue weighted by atomic mass is 10.1. The van der Waals surface area contributed by atoms with Gasteiger partial charge in [0.15, 0.2) is 0 Å². The van der Waals surface area contributed by atoms with Crippen molar-refractivity contribution in [2.75, 3.05) is 0 Å². The fourth-order valence-corrected chi connectivity index (χ4v) is 1.62. The van der Waals surface area contributed by atoms with E-state index in [2.05, 4.69) is 26.1 Å². The van der Waals surface area contributed by atoms with E-state index >= 15 is 0 Å². The molecule has 0 saturated carbocycles. The van der Waals surface area contributed by atoms with Crippen molar-refractivity contribution in [3.05, 3.63) is 35.5 Å². The third-order valence-electron chi connectivity index (χ3n) is 2.48. The molecule has 17 heavy (non-hydrogen) atoms. The van der Waals surface area contributed by atoms with Crippen molar-refractivity contribution in [3.8, 4) is 11.4 Å². The van der Waals surface area contributed by atoms with Gasteiger partial charge in [0.1, 0.15) is 5.82 Å². The number of nitrogens with zero attached hydrogens (tertiary/aromatic N) is 2. The van der Waals surface area contributed by atoms with Crippen molar-refractivity contribution >= 4 is 15.9 Å². The fourth-order valence-electron chi connectivity index (χ4n) is 1.44. The van der Waals surface area contributed by atoms with Gasteiger partial charge in [-0.3, -0.25) is 0 Å². The van der Waals surface area contributed by atoms with Crippen LogP contribution in [0.3, 0.4) is 0 Å². The molecule has 1 atom stereocenters. The van der Waals surface area contributed by atoms with Crippen molar-refractivity contribution < 1.29 is 8.91 Å². The van der Waals surface area contributed by atoms with E-state index in [0.29, 0.717) is 17.3 Å². The van der Waals surface area contributed by atoms with E-state index in [1.54, 1.807) is 19.1 Å². The standard InChI is InChI=1S/C12H12BrFN2O/c1-3-9(13)12-15-11(16-17-12)8-4-5-10(14)7(2)6-8/h4-6,9H,3H2,1-2H3. The Labute approximate surface area is 107 Å². The fraction of sp³-hybridized carbons (Fsp3) is 0.333. The number of halogens is 2. The molecule has 5 heteroatoms. The molecule has 2 aromatic rings. The van der Waals surface area contributed by atoms with Gasteiger partial charge < -0.3 is 4.52 Å². The first-order chi connectivity index (χ1) is 8.11. The van der Waals surface area contributed by atoms with Gasteiger partial charge in [0.25, 0.3) is 0 Å². The Hall–Kier alpha value is -1.23. The zero-order valence-electron chi connectivity index (χ0n) is 9.58. The molecule has 0 saturated heterocycles. The molecule has 0 amide bonds. The second-order valence-corrected chi connectivity index (χ2v) is 4.90. The molecule has 0 bridgehead atoms. The summed E-state index contributed by atoms with van der Waals surface area (Å²) in [7, 11) is 0. The second-order valence-electron chi connectivity index (χ2n) is 3.80. The van der Waals surface area contributed by atoms with Crippen molar-refractivity contribution in [3.63, 3.8) is 0 Å². The van der Waals surface area contributed by atoms with Gasteiger partial charge in [-0.25, -0.2) is 4.39 Å². The minimum atomic E-state index is -0.232. The molecule has 90 valence electrons. The molecule has 1 aromatic heterocycles. The lowest BCUT2D eigenvalue weighted by Gasteiger charge is -1.98. The average molecular weight is 299 g/mol. The quantitative estimate of drug-likeness (QED) is 0.803. The molecular weight excluding hydrogens is 287 g/mol. The minimum Gasteiger partial charge on any atom is -0.338 e. The van der Waals surface area contributed by atoms with E-state index < -0.39 is 0 Å². The Morgan fingerprint density at radius 2 is 2.24 bits per heavy atom. The van der Waals surface area contributed by atoms with E-state index in [9.17, 15) is 4.39 Å². The third kappa shape index (κ3) is 2.54. The molecule has 2 rings (SSSR count). The van der Waals surface area contributed by atoms with Crippen molar-refractivity contribution in [2.45, 2.75) is 25.1 Å². The van der Waals surface area contributed by atoms with E-state index in [1.807, 2.05) is 6.92 Å². The predicted octanol–water partition coefficient (Wildman–Crippen LogP) is 4.03. The van der Waals surface area contributed by atoms with Gasteiger partial charge in [0.2, 0.25) is 11.7 Å². The Balaban J connectivity index is 2.33. The van der Waals surface area contributed by atoms with Gasteiger partial charge in [0.05, 0.1) is 4.83 Å². The maximum atomic E-state index is 13.1. The highest BCUT2D eigenvalue weighted by atomic mass is 79.9. The molecule has 0 spiro atoms. The molecule has 1 unspecified atom stereocenters. The molecule has 1 heterocycles. The highest BCUT2D eigenvalue weighted by Crippen LogP contribution is 2.27. The van der Waals surface area contributed by atoms with Crippen LogP contribution >= 0.6 is 15.9 Å². The zero-order valence-corrected chi connectivity index (χ0v) is 11.2. The van der Waals surface area contributed by atoms with Crippen LogP contribution in [0.4, 0.5) is 4.39 Å². The van der Waals surface area contributed by atoms with E-state index in [1.165, 1.54) is 6.07 Å². The summed E-state index contributed by atoms with van der Waals surface area (Å²) < 4.78 is 18.3. The molecule has 0 aliphatic heterocycles.